The summed E-state index contributed by atoms with van der Waals surface area (Å²) in [5.41, 5.74) is 3.36. The number of nitrogens with one attached hydrogen (secondary N) is 2. The van der Waals surface area contributed by atoms with Gasteiger partial charge in [-0.3, -0.25) is 9.89 Å². The third kappa shape index (κ3) is 5.16. The number of anilines is 2. The first-order valence-corrected chi connectivity index (χ1v) is 11.5. The van der Waals surface area contributed by atoms with E-state index in [1.54, 1.807) is 44.2 Å². The lowest BCUT2D eigenvalue weighted by Gasteiger charge is -2.18. The van der Waals surface area contributed by atoms with Gasteiger partial charge in [0.2, 0.25) is 5.91 Å². The molecule has 0 spiro atoms. The van der Waals surface area contributed by atoms with E-state index in [1.807, 2.05) is 0 Å². The summed E-state index contributed by atoms with van der Waals surface area (Å²) in [5, 5.41) is 17.9. The van der Waals surface area contributed by atoms with Crippen molar-refractivity contribution < 1.29 is 36.6 Å². The normalized spacial score (nSPS) is 16.9. The van der Waals surface area contributed by atoms with Gasteiger partial charge in [0.15, 0.2) is 10.9 Å². The number of aromatic nitrogens is 4. The Morgan fingerprint density at radius 2 is 1.89 bits per heavy atom. The molecule has 0 bridgehead atoms. The highest BCUT2D eigenvalue weighted by Crippen LogP contribution is 2.40. The van der Waals surface area contributed by atoms with Gasteiger partial charge < -0.3 is 15.3 Å². The lowest BCUT2D eigenvalue weighted by atomic mass is 9.98. The van der Waals surface area contributed by atoms with Crippen LogP contribution in [0.3, 0.4) is 0 Å². The molecule has 5 rings (SSSR count). The summed E-state index contributed by atoms with van der Waals surface area (Å²) in [6.45, 7) is 1.72. The SMILES string of the molecule is Cc1c(F)c(N(C)C)c2[nH]ncc2c1-c1ccc2nc(NC(=O)[C@@H]3C[C@@H]3F)sc2n1.O=C(O)C(F)(F)F. The molecule has 0 radical (unpaired) electrons. The van der Waals surface area contributed by atoms with Crippen molar-refractivity contribution in [3.05, 3.63) is 29.7 Å². The molecule has 196 valence electrons. The number of pyridine rings is 1. The summed E-state index contributed by atoms with van der Waals surface area (Å²) >= 11 is 1.20. The number of rotatable bonds is 4. The average molecular weight is 542 g/mol. The number of carbonyl (C=O) groups is 2. The smallest absolute Gasteiger partial charge is 0.475 e. The largest absolute Gasteiger partial charge is 0.490 e. The maximum atomic E-state index is 15.2. The molecule has 15 heteroatoms. The van der Waals surface area contributed by atoms with Crippen LogP contribution >= 0.6 is 11.3 Å². The van der Waals surface area contributed by atoms with Gasteiger partial charge in [0, 0.05) is 25.0 Å². The predicted molar refractivity (Wildman–Crippen MR) is 127 cm³/mol. The van der Waals surface area contributed by atoms with Crippen molar-refractivity contribution in [1.82, 2.24) is 20.2 Å². The molecule has 3 N–H and O–H groups in total. The van der Waals surface area contributed by atoms with Crippen molar-refractivity contribution in [2.24, 2.45) is 5.92 Å². The van der Waals surface area contributed by atoms with Gasteiger partial charge in [-0.05, 0) is 31.0 Å². The van der Waals surface area contributed by atoms with Crippen molar-refractivity contribution in [3.8, 4) is 11.3 Å². The van der Waals surface area contributed by atoms with Gasteiger partial charge in [-0.15, -0.1) is 0 Å². The highest BCUT2D eigenvalue weighted by molar-refractivity contribution is 7.22. The van der Waals surface area contributed by atoms with Crippen molar-refractivity contribution in [3.63, 3.8) is 0 Å². The van der Waals surface area contributed by atoms with E-state index in [9.17, 15) is 22.4 Å². The molecule has 3 aromatic heterocycles. The highest BCUT2D eigenvalue weighted by Gasteiger charge is 2.44. The summed E-state index contributed by atoms with van der Waals surface area (Å²) in [6, 6.07) is 3.55. The molecule has 2 atom stereocenters. The predicted octanol–water partition coefficient (Wildman–Crippen LogP) is 4.68. The van der Waals surface area contributed by atoms with Crippen LogP contribution in [-0.4, -0.2) is 63.6 Å². The maximum absolute atomic E-state index is 15.2. The Kier molecular flexibility index (Phi) is 6.75. The van der Waals surface area contributed by atoms with Gasteiger partial charge >= 0.3 is 12.1 Å². The molecule has 0 saturated heterocycles. The van der Waals surface area contributed by atoms with E-state index in [4.69, 9.17) is 9.90 Å². The third-order valence-electron chi connectivity index (χ3n) is 5.54. The molecule has 1 amide bonds. The number of carboxylic acids is 1. The molecule has 1 fully saturated rings. The molecule has 3 heterocycles. The van der Waals surface area contributed by atoms with E-state index < -0.39 is 24.2 Å². The lowest BCUT2D eigenvalue weighted by Crippen LogP contribution is -2.21. The second-order valence-corrected chi connectivity index (χ2v) is 9.38. The number of benzene rings is 1. The Hall–Kier alpha value is -3.88. The van der Waals surface area contributed by atoms with Gasteiger partial charge in [-0.25, -0.2) is 23.5 Å². The number of fused-ring (bicyclic) bond motifs is 2. The Bertz CT molecular complexity index is 1520. The summed E-state index contributed by atoms with van der Waals surface area (Å²) in [4.78, 5) is 32.2. The number of hydrogen-bond donors (Lipinski definition) is 3. The van der Waals surface area contributed by atoms with Crippen LogP contribution in [0, 0.1) is 18.7 Å². The summed E-state index contributed by atoms with van der Waals surface area (Å²) in [5.74, 6) is -4.04. The van der Waals surface area contributed by atoms with E-state index in [0.717, 1.165) is 5.39 Å². The minimum absolute atomic E-state index is 0.258. The van der Waals surface area contributed by atoms with E-state index in [1.165, 1.54) is 11.3 Å². The van der Waals surface area contributed by atoms with Gasteiger partial charge in [0.25, 0.3) is 0 Å². The molecule has 1 aliphatic rings. The number of H-pyrrole nitrogens is 1. The zero-order valence-corrected chi connectivity index (χ0v) is 20.3. The van der Waals surface area contributed by atoms with Crippen LogP contribution in [0.1, 0.15) is 12.0 Å². The van der Waals surface area contributed by atoms with E-state index in [0.29, 0.717) is 43.5 Å². The van der Waals surface area contributed by atoms with Gasteiger partial charge in [0.05, 0.1) is 29.0 Å². The molecule has 9 nitrogen and oxygen atoms in total. The van der Waals surface area contributed by atoms with E-state index in [2.05, 4.69) is 25.5 Å². The van der Waals surface area contributed by atoms with E-state index in [-0.39, 0.29) is 18.1 Å². The lowest BCUT2D eigenvalue weighted by molar-refractivity contribution is -0.192. The number of thiazole rings is 1. The molecule has 1 saturated carbocycles. The first-order chi connectivity index (χ1) is 17.3. The monoisotopic (exact) mass is 542 g/mol. The summed E-state index contributed by atoms with van der Waals surface area (Å²) < 4.78 is 60.0. The number of aromatic amines is 1. The number of aliphatic carboxylic acids is 1. The number of alkyl halides is 4. The standard InChI is InChI=1S/C20H18F2N6OS.C2HF3O2/c1-8-14(10-7-23-27-16(10)17(15(8)22)28(2)3)12-4-5-13-19(24-12)30-20(25-13)26-18(29)9-6-11(9)21;3-2(4,5)1(6)7/h4-5,7,9,11H,6H2,1-3H3,(H,23,27)(H,25,26,29);(H,6,7)/t9-,11+;/m1./s1. The Balaban J connectivity index is 0.000000405. The molecular formula is C22H19F5N6O3S. The number of halogens is 5. The Morgan fingerprint density at radius 1 is 1.24 bits per heavy atom. The average Bonchev–Trinajstić information content (AvgIpc) is 3.16. The second kappa shape index (κ2) is 9.53. The summed E-state index contributed by atoms with van der Waals surface area (Å²) in [6.07, 6.45) is -4.23. The first kappa shape index (κ1) is 26.2. The number of carboxylic acid groups (broad SMARTS) is 1. The minimum Gasteiger partial charge on any atom is -0.475 e. The fraction of sp³-hybridized carbons (Fsp3) is 0.318. The van der Waals surface area contributed by atoms with Crippen molar-refractivity contribution in [2.45, 2.75) is 25.7 Å². The molecule has 4 aromatic rings. The molecular weight excluding hydrogens is 523 g/mol. The number of hydrogen-bond acceptors (Lipinski definition) is 7. The summed E-state index contributed by atoms with van der Waals surface area (Å²) in [7, 11) is 3.56. The molecule has 0 aliphatic heterocycles. The van der Waals surface area contributed by atoms with Crippen molar-refractivity contribution >= 4 is 55.3 Å². The molecule has 1 aliphatic carbocycles. The third-order valence-corrected chi connectivity index (χ3v) is 6.42. The highest BCUT2D eigenvalue weighted by atomic mass is 32.1. The van der Waals surface area contributed by atoms with Crippen LogP contribution in [0.4, 0.5) is 32.8 Å². The van der Waals surface area contributed by atoms with Gasteiger partial charge in [-0.1, -0.05) is 11.3 Å². The number of carbonyl (C=O) groups excluding carboxylic acids is 1. The minimum atomic E-state index is -5.08. The topological polar surface area (TPSA) is 124 Å². The molecule has 0 unspecified atom stereocenters. The number of amides is 1. The maximum Gasteiger partial charge on any atom is 0.490 e. The molecule has 1 aromatic carbocycles. The zero-order chi connectivity index (χ0) is 27.2. The second-order valence-electron chi connectivity index (χ2n) is 8.41. The van der Waals surface area contributed by atoms with Crippen LogP contribution in [0.5, 0.6) is 0 Å². The van der Waals surface area contributed by atoms with Crippen LogP contribution in [0.2, 0.25) is 0 Å². The quantitative estimate of drug-likeness (QED) is 0.320. The Labute approximate surface area is 209 Å². The zero-order valence-electron chi connectivity index (χ0n) is 19.4. The van der Waals surface area contributed by atoms with E-state index >= 15 is 4.39 Å². The fourth-order valence-electron chi connectivity index (χ4n) is 3.65. The van der Waals surface area contributed by atoms with Crippen LogP contribution in [0.25, 0.3) is 32.5 Å². The fourth-order valence-corrected chi connectivity index (χ4v) is 4.49. The van der Waals surface area contributed by atoms with Gasteiger partial charge in [0.1, 0.15) is 16.5 Å². The molecule has 37 heavy (non-hydrogen) atoms. The van der Waals surface area contributed by atoms with Crippen molar-refractivity contribution in [2.75, 3.05) is 24.3 Å². The van der Waals surface area contributed by atoms with Gasteiger partial charge in [-0.2, -0.15) is 18.3 Å². The first-order valence-electron chi connectivity index (χ1n) is 10.6. The number of nitrogens with zero attached hydrogens (tertiary/aromatic N) is 4. The van der Waals surface area contributed by atoms with Crippen LogP contribution in [-0.2, 0) is 9.59 Å². The van der Waals surface area contributed by atoms with Crippen LogP contribution < -0.4 is 10.2 Å². The van der Waals surface area contributed by atoms with Crippen molar-refractivity contribution in [1.29, 1.82) is 0 Å². The van der Waals surface area contributed by atoms with Crippen LogP contribution in [0.15, 0.2) is 18.3 Å². The Morgan fingerprint density at radius 3 is 2.46 bits per heavy atom.